The average molecular weight is 372 g/mol. The summed E-state index contributed by atoms with van der Waals surface area (Å²) in [6.07, 6.45) is 14.3. The van der Waals surface area contributed by atoms with Gasteiger partial charge in [0.15, 0.2) is 0 Å². The van der Waals surface area contributed by atoms with E-state index in [2.05, 4.69) is 20.3 Å². The molecule has 2 unspecified atom stereocenters. The van der Waals surface area contributed by atoms with Crippen molar-refractivity contribution in [3.05, 3.63) is 6.42 Å². The van der Waals surface area contributed by atoms with Gasteiger partial charge in [-0.1, -0.05) is 78.1 Å². The number of hydrogen-bond donors (Lipinski definition) is 1. The maximum absolute atomic E-state index is 10.9. The molecule has 0 aromatic carbocycles. The Bertz CT molecular complexity index is 360. The van der Waals surface area contributed by atoms with Gasteiger partial charge in [0, 0.05) is 0 Å². The molecular formula is C18H36NaO4S. The van der Waals surface area contributed by atoms with E-state index in [4.69, 9.17) is 0 Å². The van der Waals surface area contributed by atoms with Gasteiger partial charge in [-0.2, -0.15) is 0 Å². The molecule has 0 aromatic rings. The molecular weight excluding hydrogens is 335 g/mol. The minimum absolute atomic E-state index is 0. The molecule has 0 saturated heterocycles. The molecule has 0 aliphatic rings. The van der Waals surface area contributed by atoms with Crippen LogP contribution in [0, 0.1) is 12.3 Å². The molecule has 0 aliphatic heterocycles. The van der Waals surface area contributed by atoms with E-state index >= 15 is 0 Å². The number of rotatable bonds is 16. The SMILES string of the molecule is CCC[CH]CC(CCCCCCCCCC)C(O)CS(=O)(=O)[O-].[Na+]. The normalized spacial score (nSPS) is 14.2. The second kappa shape index (κ2) is 17.3. The van der Waals surface area contributed by atoms with Gasteiger partial charge in [-0.3, -0.25) is 0 Å². The minimum atomic E-state index is -4.36. The third-order valence-electron chi connectivity index (χ3n) is 4.31. The van der Waals surface area contributed by atoms with Crippen LogP contribution in [0.4, 0.5) is 0 Å². The van der Waals surface area contributed by atoms with Crippen molar-refractivity contribution in [1.29, 1.82) is 0 Å². The first kappa shape index (κ1) is 27.1. The molecule has 0 amide bonds. The summed E-state index contributed by atoms with van der Waals surface area (Å²) in [7, 11) is -4.36. The van der Waals surface area contributed by atoms with E-state index < -0.39 is 22.0 Å². The monoisotopic (exact) mass is 371 g/mol. The van der Waals surface area contributed by atoms with Crippen LogP contribution in [0.25, 0.3) is 0 Å². The maximum atomic E-state index is 10.9. The number of unbranched alkanes of at least 4 members (excludes halogenated alkanes) is 9. The zero-order valence-electron chi connectivity index (χ0n) is 16.0. The molecule has 4 nitrogen and oxygen atoms in total. The third-order valence-corrected chi connectivity index (χ3v) is 5.06. The van der Waals surface area contributed by atoms with Crippen molar-refractivity contribution in [3.8, 4) is 0 Å². The molecule has 1 N–H and O–H groups in total. The Labute approximate surface area is 172 Å². The summed E-state index contributed by atoms with van der Waals surface area (Å²) in [5.41, 5.74) is 0. The van der Waals surface area contributed by atoms with Gasteiger partial charge in [0.25, 0.3) is 0 Å². The maximum Gasteiger partial charge on any atom is 1.00 e. The van der Waals surface area contributed by atoms with Crippen molar-refractivity contribution in [2.24, 2.45) is 5.92 Å². The molecule has 139 valence electrons. The zero-order chi connectivity index (χ0) is 17.6. The molecule has 0 rings (SSSR count). The summed E-state index contributed by atoms with van der Waals surface area (Å²) in [5.74, 6) is -0.764. The van der Waals surface area contributed by atoms with Gasteiger partial charge in [-0.15, -0.1) is 0 Å². The second-order valence-corrected chi connectivity index (χ2v) is 8.08. The largest absolute Gasteiger partial charge is 1.00 e. The summed E-state index contributed by atoms with van der Waals surface area (Å²) in [6.45, 7) is 4.30. The van der Waals surface area contributed by atoms with E-state index in [0.717, 1.165) is 32.1 Å². The van der Waals surface area contributed by atoms with Gasteiger partial charge in [0.05, 0.1) is 22.0 Å². The predicted octanol–water partition coefficient (Wildman–Crippen LogP) is 1.44. The average Bonchev–Trinajstić information content (AvgIpc) is 2.46. The number of aliphatic hydroxyl groups excluding tert-OH is 1. The van der Waals surface area contributed by atoms with Crippen molar-refractivity contribution in [3.63, 3.8) is 0 Å². The van der Waals surface area contributed by atoms with Crippen LogP contribution < -0.4 is 29.6 Å². The van der Waals surface area contributed by atoms with Crippen LogP contribution in [-0.4, -0.2) is 29.9 Å². The van der Waals surface area contributed by atoms with Crippen molar-refractivity contribution >= 4 is 10.1 Å². The molecule has 0 fully saturated rings. The summed E-state index contributed by atoms with van der Waals surface area (Å²) in [6, 6.07) is 0. The van der Waals surface area contributed by atoms with Gasteiger partial charge in [0.1, 0.15) is 0 Å². The molecule has 1 radical (unpaired) electrons. The molecule has 0 aromatic heterocycles. The van der Waals surface area contributed by atoms with Crippen LogP contribution in [0.3, 0.4) is 0 Å². The van der Waals surface area contributed by atoms with E-state index in [0.29, 0.717) is 6.42 Å². The molecule has 0 saturated carbocycles. The first-order valence-corrected chi connectivity index (χ1v) is 10.9. The number of aliphatic hydroxyl groups is 1. The van der Waals surface area contributed by atoms with Crippen LogP contribution in [0.2, 0.25) is 0 Å². The Morgan fingerprint density at radius 2 is 1.50 bits per heavy atom. The van der Waals surface area contributed by atoms with Crippen LogP contribution in [0.15, 0.2) is 0 Å². The van der Waals surface area contributed by atoms with Crippen LogP contribution in [-0.2, 0) is 10.1 Å². The second-order valence-electron chi connectivity index (χ2n) is 6.63. The van der Waals surface area contributed by atoms with Crippen LogP contribution in [0.1, 0.15) is 90.9 Å². The molecule has 2 atom stereocenters. The Hall–Kier alpha value is 0.870. The Morgan fingerprint density at radius 3 is 2.00 bits per heavy atom. The van der Waals surface area contributed by atoms with E-state index in [-0.39, 0.29) is 35.5 Å². The van der Waals surface area contributed by atoms with Crippen molar-refractivity contribution in [2.75, 3.05) is 5.75 Å². The Morgan fingerprint density at radius 1 is 0.958 bits per heavy atom. The van der Waals surface area contributed by atoms with E-state index in [1.54, 1.807) is 0 Å². The zero-order valence-corrected chi connectivity index (χ0v) is 18.8. The standard InChI is InChI=1S/C18H37O4S.Na/c1-3-5-7-8-9-10-11-13-15-17(14-12-6-4-2)18(19)16-23(20,21)22;/h12,17-19H,3-11,13-16H2,1-2H3,(H,20,21,22);/q;+1/p-1. The first-order chi connectivity index (χ1) is 10.9. The molecule has 6 heteroatoms. The van der Waals surface area contributed by atoms with Crippen LogP contribution in [0.5, 0.6) is 0 Å². The third kappa shape index (κ3) is 17.7. The predicted molar refractivity (Wildman–Crippen MR) is 95.1 cm³/mol. The van der Waals surface area contributed by atoms with Gasteiger partial charge < -0.3 is 9.66 Å². The molecule has 0 heterocycles. The fourth-order valence-electron chi connectivity index (χ4n) is 2.89. The van der Waals surface area contributed by atoms with Crippen molar-refractivity contribution in [2.45, 2.75) is 97.0 Å². The number of hydrogen-bond acceptors (Lipinski definition) is 4. The Balaban J connectivity index is 0. The van der Waals surface area contributed by atoms with Gasteiger partial charge in [0.2, 0.25) is 0 Å². The van der Waals surface area contributed by atoms with E-state index in [1.165, 1.54) is 38.5 Å². The summed E-state index contributed by atoms with van der Waals surface area (Å²) in [4.78, 5) is 0. The summed E-state index contributed by atoms with van der Waals surface area (Å²) >= 11 is 0. The smallest absolute Gasteiger partial charge is 0.748 e. The fourth-order valence-corrected chi connectivity index (χ4v) is 3.58. The summed E-state index contributed by atoms with van der Waals surface area (Å²) < 4.78 is 32.6. The quantitative estimate of drug-likeness (QED) is 0.253. The molecule has 0 aliphatic carbocycles. The minimum Gasteiger partial charge on any atom is -0.748 e. The summed E-state index contributed by atoms with van der Waals surface area (Å²) in [5, 5.41) is 10.0. The van der Waals surface area contributed by atoms with Gasteiger partial charge in [-0.25, -0.2) is 8.42 Å². The molecule has 24 heavy (non-hydrogen) atoms. The van der Waals surface area contributed by atoms with Crippen molar-refractivity contribution < 1.29 is 47.6 Å². The van der Waals surface area contributed by atoms with E-state index in [9.17, 15) is 18.1 Å². The van der Waals surface area contributed by atoms with Gasteiger partial charge >= 0.3 is 29.6 Å². The fraction of sp³-hybridized carbons (Fsp3) is 0.944. The van der Waals surface area contributed by atoms with E-state index in [1.807, 2.05) is 0 Å². The topological polar surface area (TPSA) is 77.4 Å². The molecule has 0 bridgehead atoms. The van der Waals surface area contributed by atoms with Gasteiger partial charge in [-0.05, 0) is 25.2 Å². The van der Waals surface area contributed by atoms with Crippen LogP contribution >= 0.6 is 0 Å². The Kier molecular flexibility index (Phi) is 19.5. The first-order valence-electron chi connectivity index (χ1n) is 9.34. The van der Waals surface area contributed by atoms with Crippen molar-refractivity contribution in [1.82, 2.24) is 0 Å². The molecule has 0 spiro atoms.